The van der Waals surface area contributed by atoms with E-state index < -0.39 is 11.8 Å². The number of aryl methyl sites for hydroxylation is 1. The van der Waals surface area contributed by atoms with Crippen LogP contribution in [0, 0.1) is 6.92 Å². The van der Waals surface area contributed by atoms with Crippen molar-refractivity contribution in [3.8, 4) is 5.75 Å². The standard InChI is InChI=1S/C17H19ClN2O4/c1-10(2)12-8-13(18)11(3)7-15(12)24-9-16(21)19-20-17(22)14-5-4-6-23-14/h4-8,10H,9H2,1-3H3,(H,19,21)(H,20,22). The summed E-state index contributed by atoms with van der Waals surface area (Å²) in [5.74, 6) is -0.137. The van der Waals surface area contributed by atoms with Gasteiger partial charge in [0.25, 0.3) is 5.91 Å². The Labute approximate surface area is 145 Å². The van der Waals surface area contributed by atoms with Crippen LogP contribution >= 0.6 is 11.6 Å². The number of ether oxygens (including phenoxy) is 1. The van der Waals surface area contributed by atoms with Gasteiger partial charge in [0.1, 0.15) is 5.75 Å². The van der Waals surface area contributed by atoms with E-state index in [4.69, 9.17) is 20.8 Å². The fraction of sp³-hybridized carbons (Fsp3) is 0.294. The lowest BCUT2D eigenvalue weighted by molar-refractivity contribution is -0.123. The van der Waals surface area contributed by atoms with Crippen LogP contribution < -0.4 is 15.6 Å². The van der Waals surface area contributed by atoms with E-state index in [9.17, 15) is 9.59 Å². The van der Waals surface area contributed by atoms with Crippen molar-refractivity contribution in [3.63, 3.8) is 0 Å². The third-order valence-electron chi connectivity index (χ3n) is 3.33. The predicted molar refractivity (Wildman–Crippen MR) is 90.1 cm³/mol. The molecular weight excluding hydrogens is 332 g/mol. The quantitative estimate of drug-likeness (QED) is 0.811. The molecule has 0 saturated heterocycles. The topological polar surface area (TPSA) is 80.6 Å². The molecule has 0 spiro atoms. The zero-order chi connectivity index (χ0) is 17.7. The Kier molecular flexibility index (Phi) is 5.87. The highest BCUT2D eigenvalue weighted by molar-refractivity contribution is 6.31. The lowest BCUT2D eigenvalue weighted by atomic mass is 10.0. The van der Waals surface area contributed by atoms with E-state index in [0.717, 1.165) is 11.1 Å². The first kappa shape index (κ1) is 17.9. The number of hydrazine groups is 1. The first-order valence-corrected chi connectivity index (χ1v) is 7.81. The molecule has 24 heavy (non-hydrogen) atoms. The van der Waals surface area contributed by atoms with Gasteiger partial charge in [0.15, 0.2) is 12.4 Å². The summed E-state index contributed by atoms with van der Waals surface area (Å²) in [6.45, 7) is 5.65. The first-order chi connectivity index (χ1) is 11.4. The Balaban J connectivity index is 1.92. The fourth-order valence-electron chi connectivity index (χ4n) is 2.02. The van der Waals surface area contributed by atoms with Gasteiger partial charge >= 0.3 is 5.91 Å². The van der Waals surface area contributed by atoms with Crippen LogP contribution in [-0.4, -0.2) is 18.4 Å². The number of rotatable bonds is 5. The maximum absolute atomic E-state index is 11.8. The van der Waals surface area contributed by atoms with Gasteiger partial charge in [-0.1, -0.05) is 25.4 Å². The molecule has 7 heteroatoms. The molecule has 2 amide bonds. The fourth-order valence-corrected chi connectivity index (χ4v) is 2.19. The largest absolute Gasteiger partial charge is 0.483 e. The molecule has 0 unspecified atom stereocenters. The smallest absolute Gasteiger partial charge is 0.305 e. The van der Waals surface area contributed by atoms with Gasteiger partial charge in [0.05, 0.1) is 6.26 Å². The van der Waals surface area contributed by atoms with Crippen LogP contribution in [0.3, 0.4) is 0 Å². The third kappa shape index (κ3) is 4.52. The molecule has 0 aliphatic rings. The molecule has 0 aliphatic heterocycles. The molecule has 0 radical (unpaired) electrons. The van der Waals surface area contributed by atoms with E-state index in [1.54, 1.807) is 12.1 Å². The zero-order valence-electron chi connectivity index (χ0n) is 13.7. The minimum atomic E-state index is -0.543. The number of furan rings is 1. The van der Waals surface area contributed by atoms with E-state index in [2.05, 4.69) is 10.9 Å². The van der Waals surface area contributed by atoms with Crippen molar-refractivity contribution in [1.82, 2.24) is 10.9 Å². The van der Waals surface area contributed by atoms with E-state index in [1.807, 2.05) is 26.8 Å². The number of carbonyl (C=O) groups excluding carboxylic acids is 2. The number of halogens is 1. The highest BCUT2D eigenvalue weighted by Crippen LogP contribution is 2.31. The normalized spacial score (nSPS) is 10.5. The van der Waals surface area contributed by atoms with Crippen LogP contribution in [0.25, 0.3) is 0 Å². The van der Waals surface area contributed by atoms with Crippen LogP contribution in [0.1, 0.15) is 41.4 Å². The Morgan fingerprint density at radius 3 is 2.67 bits per heavy atom. The monoisotopic (exact) mass is 350 g/mol. The summed E-state index contributed by atoms with van der Waals surface area (Å²) in [5, 5.41) is 0.654. The summed E-state index contributed by atoms with van der Waals surface area (Å²) in [7, 11) is 0. The number of hydrogen-bond acceptors (Lipinski definition) is 4. The molecule has 1 heterocycles. The second-order valence-electron chi connectivity index (χ2n) is 5.56. The van der Waals surface area contributed by atoms with Gasteiger partial charge in [-0.3, -0.25) is 20.4 Å². The number of nitrogens with one attached hydrogen (secondary N) is 2. The SMILES string of the molecule is Cc1cc(OCC(=O)NNC(=O)c2ccco2)c(C(C)C)cc1Cl. The molecule has 6 nitrogen and oxygen atoms in total. The van der Waals surface area contributed by atoms with Crippen molar-refractivity contribution in [2.75, 3.05) is 6.61 Å². The van der Waals surface area contributed by atoms with Crippen LogP contribution in [0.15, 0.2) is 34.9 Å². The van der Waals surface area contributed by atoms with Crippen molar-refractivity contribution in [2.24, 2.45) is 0 Å². The molecule has 2 rings (SSSR count). The lowest BCUT2D eigenvalue weighted by Gasteiger charge is -2.16. The predicted octanol–water partition coefficient (Wildman–Crippen LogP) is 3.20. The van der Waals surface area contributed by atoms with Crippen LogP contribution in [-0.2, 0) is 4.79 Å². The van der Waals surface area contributed by atoms with E-state index in [0.29, 0.717) is 10.8 Å². The highest BCUT2D eigenvalue weighted by atomic mass is 35.5. The molecule has 128 valence electrons. The molecule has 0 fully saturated rings. The summed E-state index contributed by atoms with van der Waals surface area (Å²) in [4.78, 5) is 23.5. The Hall–Kier alpha value is -2.47. The second kappa shape index (κ2) is 7.88. The van der Waals surface area contributed by atoms with Gasteiger partial charge in [0.2, 0.25) is 0 Å². The van der Waals surface area contributed by atoms with Gasteiger partial charge in [-0.15, -0.1) is 0 Å². The molecule has 1 aromatic heterocycles. The summed E-state index contributed by atoms with van der Waals surface area (Å²) >= 11 is 6.13. The molecule has 2 N–H and O–H groups in total. The maximum Gasteiger partial charge on any atom is 0.305 e. The summed E-state index contributed by atoms with van der Waals surface area (Å²) < 4.78 is 10.5. The summed E-state index contributed by atoms with van der Waals surface area (Å²) in [5.41, 5.74) is 6.29. The zero-order valence-corrected chi connectivity index (χ0v) is 14.4. The van der Waals surface area contributed by atoms with E-state index in [-0.39, 0.29) is 18.3 Å². The van der Waals surface area contributed by atoms with Crippen LogP contribution in [0.2, 0.25) is 5.02 Å². The Morgan fingerprint density at radius 2 is 2.04 bits per heavy atom. The van der Waals surface area contributed by atoms with Gasteiger partial charge < -0.3 is 9.15 Å². The molecule has 2 aromatic rings. The average Bonchev–Trinajstić information content (AvgIpc) is 3.07. The number of benzene rings is 1. The third-order valence-corrected chi connectivity index (χ3v) is 3.74. The average molecular weight is 351 g/mol. The maximum atomic E-state index is 11.8. The number of carbonyl (C=O) groups is 2. The molecular formula is C17H19ClN2O4. The summed E-state index contributed by atoms with van der Waals surface area (Å²) in [6, 6.07) is 6.71. The van der Waals surface area contributed by atoms with Crippen LogP contribution in [0.5, 0.6) is 5.75 Å². The van der Waals surface area contributed by atoms with Crippen molar-refractivity contribution >= 4 is 23.4 Å². The van der Waals surface area contributed by atoms with E-state index >= 15 is 0 Å². The second-order valence-corrected chi connectivity index (χ2v) is 5.97. The van der Waals surface area contributed by atoms with Crippen molar-refractivity contribution in [1.29, 1.82) is 0 Å². The van der Waals surface area contributed by atoms with Crippen molar-refractivity contribution in [3.05, 3.63) is 52.4 Å². The number of hydrogen-bond donors (Lipinski definition) is 2. The van der Waals surface area contributed by atoms with Gasteiger partial charge in [0, 0.05) is 5.02 Å². The molecule has 1 aromatic carbocycles. The Bertz CT molecular complexity index is 726. The van der Waals surface area contributed by atoms with Crippen molar-refractivity contribution in [2.45, 2.75) is 26.7 Å². The van der Waals surface area contributed by atoms with Gasteiger partial charge in [-0.05, 0) is 48.2 Å². The number of amides is 2. The van der Waals surface area contributed by atoms with Gasteiger partial charge in [-0.2, -0.15) is 0 Å². The highest BCUT2D eigenvalue weighted by Gasteiger charge is 2.14. The van der Waals surface area contributed by atoms with Crippen LogP contribution in [0.4, 0.5) is 0 Å². The minimum absolute atomic E-state index is 0.103. The minimum Gasteiger partial charge on any atom is -0.483 e. The summed E-state index contributed by atoms with van der Waals surface area (Å²) in [6.07, 6.45) is 1.37. The molecule has 0 atom stereocenters. The molecule has 0 saturated carbocycles. The first-order valence-electron chi connectivity index (χ1n) is 7.44. The van der Waals surface area contributed by atoms with Gasteiger partial charge in [-0.25, -0.2) is 0 Å². The Morgan fingerprint density at radius 1 is 1.29 bits per heavy atom. The van der Waals surface area contributed by atoms with E-state index in [1.165, 1.54) is 12.3 Å². The van der Waals surface area contributed by atoms with Crippen molar-refractivity contribution < 1.29 is 18.7 Å². The molecule has 0 bridgehead atoms. The lowest BCUT2D eigenvalue weighted by Crippen LogP contribution is -2.43. The molecule has 0 aliphatic carbocycles.